The summed E-state index contributed by atoms with van der Waals surface area (Å²) in [7, 11) is 0. The number of imidazole rings is 1. The number of hydrogen-bond acceptors (Lipinski definition) is 4. The third kappa shape index (κ3) is 3.12. The summed E-state index contributed by atoms with van der Waals surface area (Å²) in [5.41, 5.74) is 2.44. The van der Waals surface area contributed by atoms with Crippen LogP contribution in [0.15, 0.2) is 36.5 Å². The molecule has 6 heteroatoms. The van der Waals surface area contributed by atoms with Crippen molar-refractivity contribution in [2.24, 2.45) is 0 Å². The molecule has 0 bridgehead atoms. The Morgan fingerprint density at radius 1 is 1.39 bits per heavy atom. The Hall–Kier alpha value is -2.60. The number of fused-ring (bicyclic) bond motifs is 1. The van der Waals surface area contributed by atoms with Crippen LogP contribution in [0, 0.1) is 6.92 Å². The summed E-state index contributed by atoms with van der Waals surface area (Å²) in [6.07, 6.45) is 4.68. The lowest BCUT2D eigenvalue weighted by Gasteiger charge is -2.04. The third-order valence-corrected chi connectivity index (χ3v) is 4.20. The summed E-state index contributed by atoms with van der Waals surface area (Å²) in [5.74, 6) is -0.180. The molecule has 3 aromatic rings. The highest BCUT2D eigenvalue weighted by atomic mass is 32.1. The van der Waals surface area contributed by atoms with Crippen LogP contribution in [-0.4, -0.2) is 27.1 Å². The molecule has 2 heterocycles. The molecule has 118 valence electrons. The van der Waals surface area contributed by atoms with Gasteiger partial charge in [0.1, 0.15) is 5.75 Å². The van der Waals surface area contributed by atoms with Crippen molar-refractivity contribution in [3.63, 3.8) is 0 Å². The van der Waals surface area contributed by atoms with Crippen molar-refractivity contribution in [3.05, 3.63) is 47.1 Å². The lowest BCUT2D eigenvalue weighted by atomic mass is 10.1. The van der Waals surface area contributed by atoms with E-state index < -0.39 is 5.97 Å². The third-order valence-electron chi connectivity index (χ3n) is 3.30. The molecule has 0 aliphatic rings. The smallest absolute Gasteiger partial charge is 0.328 e. The van der Waals surface area contributed by atoms with Crippen LogP contribution in [0.2, 0.25) is 0 Å². The number of ether oxygens (including phenoxy) is 1. The molecule has 0 aliphatic heterocycles. The van der Waals surface area contributed by atoms with Gasteiger partial charge in [-0.2, -0.15) is 0 Å². The van der Waals surface area contributed by atoms with Gasteiger partial charge in [0, 0.05) is 22.7 Å². The number of carboxylic acids is 1. The first kappa shape index (κ1) is 15.3. The predicted molar refractivity (Wildman–Crippen MR) is 91.1 cm³/mol. The van der Waals surface area contributed by atoms with E-state index in [9.17, 15) is 4.79 Å². The SMILES string of the molecule is CCOc1ccc(-c2nc3sc(C)cn3c2/C=C/C(=O)O)cc1. The number of thiazole rings is 1. The molecule has 3 rings (SSSR count). The van der Waals surface area contributed by atoms with Crippen LogP contribution in [-0.2, 0) is 4.79 Å². The van der Waals surface area contributed by atoms with E-state index >= 15 is 0 Å². The minimum atomic E-state index is -0.982. The molecule has 0 aliphatic carbocycles. The van der Waals surface area contributed by atoms with Gasteiger partial charge in [-0.3, -0.25) is 4.40 Å². The molecule has 0 atom stereocenters. The Bertz CT molecular complexity index is 875. The zero-order valence-electron chi connectivity index (χ0n) is 12.8. The van der Waals surface area contributed by atoms with Gasteiger partial charge >= 0.3 is 5.97 Å². The number of carboxylic acid groups (broad SMARTS) is 1. The first-order chi connectivity index (χ1) is 11.1. The van der Waals surface area contributed by atoms with Gasteiger partial charge in [0.25, 0.3) is 0 Å². The molecule has 1 N–H and O–H groups in total. The summed E-state index contributed by atoms with van der Waals surface area (Å²) in [6.45, 7) is 4.56. The molecule has 0 spiro atoms. The van der Waals surface area contributed by atoms with Crippen molar-refractivity contribution in [2.75, 3.05) is 6.61 Å². The summed E-state index contributed by atoms with van der Waals surface area (Å²) < 4.78 is 7.37. The predicted octanol–water partition coefficient (Wildman–Crippen LogP) is 3.87. The lowest BCUT2D eigenvalue weighted by molar-refractivity contribution is -0.131. The number of benzene rings is 1. The average Bonchev–Trinajstić information content (AvgIpc) is 3.02. The summed E-state index contributed by atoms with van der Waals surface area (Å²) in [4.78, 5) is 17.5. The molecular formula is C17H16N2O3S. The normalized spacial score (nSPS) is 11.4. The van der Waals surface area contributed by atoms with Crippen molar-refractivity contribution >= 4 is 28.3 Å². The summed E-state index contributed by atoms with van der Waals surface area (Å²) in [5, 5.41) is 8.92. The first-order valence-electron chi connectivity index (χ1n) is 7.21. The van der Waals surface area contributed by atoms with Crippen LogP contribution in [0.3, 0.4) is 0 Å². The Balaban J connectivity index is 2.10. The van der Waals surface area contributed by atoms with Gasteiger partial charge in [-0.25, -0.2) is 9.78 Å². The standard InChI is InChI=1S/C17H16N2O3S/c1-3-22-13-6-4-12(5-7-13)16-14(8-9-15(20)21)19-10-11(2)23-17(19)18-16/h4-10H,3H2,1-2H3,(H,20,21)/b9-8+. The first-order valence-corrected chi connectivity index (χ1v) is 8.03. The Labute approximate surface area is 137 Å². The monoisotopic (exact) mass is 328 g/mol. The van der Waals surface area contributed by atoms with Crippen LogP contribution >= 0.6 is 11.3 Å². The highest BCUT2D eigenvalue weighted by Gasteiger charge is 2.14. The van der Waals surface area contributed by atoms with Crippen LogP contribution < -0.4 is 4.74 Å². The van der Waals surface area contributed by atoms with Gasteiger partial charge in [-0.15, -0.1) is 11.3 Å². The number of aryl methyl sites for hydroxylation is 1. The zero-order chi connectivity index (χ0) is 16.4. The number of aliphatic carboxylic acids is 1. The minimum absolute atomic E-state index is 0.617. The van der Waals surface area contributed by atoms with Crippen LogP contribution in [0.4, 0.5) is 0 Å². The maximum absolute atomic E-state index is 10.9. The molecular weight excluding hydrogens is 312 g/mol. The van der Waals surface area contributed by atoms with Crippen molar-refractivity contribution in [3.8, 4) is 17.0 Å². The van der Waals surface area contributed by atoms with E-state index in [0.29, 0.717) is 6.61 Å². The molecule has 0 saturated heterocycles. The fourth-order valence-electron chi connectivity index (χ4n) is 2.37. The molecule has 5 nitrogen and oxygen atoms in total. The molecule has 2 aromatic heterocycles. The van der Waals surface area contributed by atoms with Gasteiger partial charge in [0.05, 0.1) is 18.0 Å². The highest BCUT2D eigenvalue weighted by molar-refractivity contribution is 7.17. The summed E-state index contributed by atoms with van der Waals surface area (Å²) >= 11 is 1.57. The van der Waals surface area contributed by atoms with E-state index in [0.717, 1.165) is 38.6 Å². The molecule has 0 fully saturated rings. The number of hydrogen-bond donors (Lipinski definition) is 1. The Kier molecular flexibility index (Phi) is 4.16. The molecule has 0 unspecified atom stereocenters. The molecule has 23 heavy (non-hydrogen) atoms. The maximum atomic E-state index is 10.9. The van der Waals surface area contributed by atoms with Gasteiger partial charge in [0.2, 0.25) is 0 Å². The van der Waals surface area contributed by atoms with E-state index in [-0.39, 0.29) is 0 Å². The second-order valence-corrected chi connectivity index (χ2v) is 6.18. The van der Waals surface area contributed by atoms with E-state index in [2.05, 4.69) is 4.98 Å². The number of rotatable bonds is 5. The average molecular weight is 328 g/mol. The van der Waals surface area contributed by atoms with Crippen LogP contribution in [0.1, 0.15) is 17.5 Å². The van der Waals surface area contributed by atoms with E-state index in [1.165, 1.54) is 0 Å². The maximum Gasteiger partial charge on any atom is 0.328 e. The van der Waals surface area contributed by atoms with Crippen LogP contribution in [0.25, 0.3) is 22.3 Å². The Morgan fingerprint density at radius 3 is 2.78 bits per heavy atom. The van der Waals surface area contributed by atoms with Crippen molar-refractivity contribution in [1.29, 1.82) is 0 Å². The molecule has 0 amide bonds. The van der Waals surface area contributed by atoms with Gasteiger partial charge < -0.3 is 9.84 Å². The van der Waals surface area contributed by atoms with Crippen molar-refractivity contribution < 1.29 is 14.6 Å². The van der Waals surface area contributed by atoms with Gasteiger partial charge in [0.15, 0.2) is 4.96 Å². The van der Waals surface area contributed by atoms with Gasteiger partial charge in [-0.05, 0) is 44.2 Å². The number of carbonyl (C=O) groups is 1. The fraction of sp³-hybridized carbons (Fsp3) is 0.176. The summed E-state index contributed by atoms with van der Waals surface area (Å²) in [6, 6.07) is 7.65. The zero-order valence-corrected chi connectivity index (χ0v) is 13.6. The van der Waals surface area contributed by atoms with Crippen molar-refractivity contribution in [2.45, 2.75) is 13.8 Å². The largest absolute Gasteiger partial charge is 0.494 e. The van der Waals surface area contributed by atoms with Gasteiger partial charge in [-0.1, -0.05) is 0 Å². The quantitative estimate of drug-likeness (QED) is 0.722. The van der Waals surface area contributed by atoms with E-state index in [4.69, 9.17) is 9.84 Å². The Morgan fingerprint density at radius 2 is 2.13 bits per heavy atom. The second-order valence-electron chi connectivity index (χ2n) is 4.97. The highest BCUT2D eigenvalue weighted by Crippen LogP contribution is 2.30. The molecule has 0 saturated carbocycles. The van der Waals surface area contributed by atoms with E-state index in [1.807, 2.05) is 48.7 Å². The number of aromatic nitrogens is 2. The minimum Gasteiger partial charge on any atom is -0.494 e. The topological polar surface area (TPSA) is 63.8 Å². The molecule has 0 radical (unpaired) electrons. The van der Waals surface area contributed by atoms with Crippen molar-refractivity contribution in [1.82, 2.24) is 9.38 Å². The fourth-order valence-corrected chi connectivity index (χ4v) is 3.20. The van der Waals surface area contributed by atoms with Crippen LogP contribution in [0.5, 0.6) is 5.75 Å². The second kappa shape index (κ2) is 6.26. The van der Waals surface area contributed by atoms with E-state index in [1.54, 1.807) is 17.4 Å². The molecule has 1 aromatic carbocycles. The number of nitrogens with zero attached hydrogens (tertiary/aromatic N) is 2. The lowest BCUT2D eigenvalue weighted by Crippen LogP contribution is -1.92.